The van der Waals surface area contributed by atoms with Crippen LogP contribution in [0.5, 0.6) is 0 Å². The number of aromatic nitrogens is 2. The second-order valence-corrected chi connectivity index (χ2v) is 5.66. The quantitative estimate of drug-likeness (QED) is 0.606. The Morgan fingerprint density at radius 3 is 3.18 bits per heavy atom. The van der Waals surface area contributed by atoms with E-state index in [1.807, 2.05) is 4.90 Å². The van der Waals surface area contributed by atoms with E-state index in [1.54, 1.807) is 18.5 Å². The number of carbonyl (C=O) groups is 1. The Morgan fingerprint density at radius 1 is 1.50 bits per heavy atom. The van der Waals surface area contributed by atoms with Crippen LogP contribution in [0.4, 0.5) is 0 Å². The molecule has 2 aliphatic rings. The highest BCUT2D eigenvalue weighted by atomic mass is 16.5. The molecule has 0 unspecified atom stereocenters. The predicted octanol–water partition coefficient (Wildman–Crippen LogP) is 1.30. The van der Waals surface area contributed by atoms with Crippen molar-refractivity contribution in [3.8, 4) is 0 Å². The molecule has 6 nitrogen and oxygen atoms in total. The minimum Gasteiger partial charge on any atom is -0.377 e. The molecule has 0 bridgehead atoms. The molecule has 1 aliphatic carbocycles. The minimum absolute atomic E-state index is 0.0548. The molecule has 2 fully saturated rings. The summed E-state index contributed by atoms with van der Waals surface area (Å²) < 4.78 is 11.5. The monoisotopic (exact) mass is 303 g/mol. The van der Waals surface area contributed by atoms with E-state index in [1.165, 1.54) is 6.20 Å². The third-order valence-electron chi connectivity index (χ3n) is 4.33. The molecular formula is C16H21N3O3. The van der Waals surface area contributed by atoms with Crippen molar-refractivity contribution in [3.05, 3.63) is 36.9 Å². The second kappa shape index (κ2) is 6.98. The maximum atomic E-state index is 12.6. The van der Waals surface area contributed by atoms with Gasteiger partial charge in [0.1, 0.15) is 5.69 Å². The highest BCUT2D eigenvalue weighted by Crippen LogP contribution is 2.35. The van der Waals surface area contributed by atoms with Gasteiger partial charge in [-0.25, -0.2) is 4.98 Å². The molecule has 0 aromatic carbocycles. The van der Waals surface area contributed by atoms with Gasteiger partial charge in [-0.05, 0) is 12.8 Å². The normalized spacial score (nSPS) is 27.5. The Labute approximate surface area is 130 Å². The number of hydrogen-bond acceptors (Lipinski definition) is 5. The van der Waals surface area contributed by atoms with Gasteiger partial charge in [-0.1, -0.05) is 6.08 Å². The lowest BCUT2D eigenvalue weighted by Gasteiger charge is -2.39. The Balaban J connectivity index is 1.67. The third-order valence-corrected chi connectivity index (χ3v) is 4.33. The van der Waals surface area contributed by atoms with Crippen LogP contribution >= 0.6 is 0 Å². The van der Waals surface area contributed by atoms with Crippen LogP contribution in [0.2, 0.25) is 0 Å². The largest absolute Gasteiger partial charge is 0.377 e. The maximum absolute atomic E-state index is 12.6. The van der Waals surface area contributed by atoms with E-state index in [2.05, 4.69) is 16.5 Å². The highest BCUT2D eigenvalue weighted by molar-refractivity contribution is 5.92. The van der Waals surface area contributed by atoms with Crippen molar-refractivity contribution in [1.82, 2.24) is 14.9 Å². The fraction of sp³-hybridized carbons (Fsp3) is 0.562. The zero-order valence-electron chi connectivity index (χ0n) is 12.6. The standard InChI is InChI=1S/C16H21N3O3/c1-2-8-21-11-12-3-4-14-15(12)22-9-7-19(14)16(20)13-10-17-5-6-18-13/h2,5-6,10,12,14-15H,1,3-4,7-9,11H2/t12-,14+,15-/m0/s1. The Morgan fingerprint density at radius 2 is 2.41 bits per heavy atom. The molecule has 1 saturated carbocycles. The van der Waals surface area contributed by atoms with E-state index >= 15 is 0 Å². The zero-order chi connectivity index (χ0) is 15.4. The van der Waals surface area contributed by atoms with Crippen molar-refractivity contribution in [2.24, 2.45) is 5.92 Å². The lowest BCUT2D eigenvalue weighted by Crippen LogP contribution is -2.53. The number of fused-ring (bicyclic) bond motifs is 1. The molecule has 0 N–H and O–H groups in total. The first-order valence-corrected chi connectivity index (χ1v) is 7.68. The fourth-order valence-electron chi connectivity index (χ4n) is 3.35. The highest BCUT2D eigenvalue weighted by Gasteiger charge is 2.44. The van der Waals surface area contributed by atoms with Crippen LogP contribution in [-0.4, -0.2) is 59.3 Å². The molecule has 0 spiro atoms. The number of hydrogen-bond donors (Lipinski definition) is 0. The van der Waals surface area contributed by atoms with Crippen molar-refractivity contribution in [3.63, 3.8) is 0 Å². The Hall–Kier alpha value is -1.79. The van der Waals surface area contributed by atoms with E-state index < -0.39 is 0 Å². The summed E-state index contributed by atoms with van der Waals surface area (Å²) in [5.41, 5.74) is 0.398. The summed E-state index contributed by atoms with van der Waals surface area (Å²) in [5.74, 6) is 0.279. The maximum Gasteiger partial charge on any atom is 0.274 e. The summed E-state index contributed by atoms with van der Waals surface area (Å²) >= 11 is 0. The van der Waals surface area contributed by atoms with Gasteiger partial charge in [-0.3, -0.25) is 9.78 Å². The SMILES string of the molecule is C=CCOC[C@@H]1CC[C@@H]2[C@H]1OCCN2C(=O)c1cnccn1. The number of amides is 1. The first-order valence-electron chi connectivity index (χ1n) is 7.68. The van der Waals surface area contributed by atoms with Gasteiger partial charge < -0.3 is 14.4 Å². The molecule has 6 heteroatoms. The first kappa shape index (κ1) is 15.1. The summed E-state index contributed by atoms with van der Waals surface area (Å²) in [7, 11) is 0. The van der Waals surface area contributed by atoms with Gasteiger partial charge in [-0.15, -0.1) is 6.58 Å². The number of ether oxygens (including phenoxy) is 2. The predicted molar refractivity (Wildman–Crippen MR) is 80.3 cm³/mol. The van der Waals surface area contributed by atoms with Crippen molar-refractivity contribution < 1.29 is 14.3 Å². The van der Waals surface area contributed by atoms with Gasteiger partial charge in [0, 0.05) is 24.9 Å². The van der Waals surface area contributed by atoms with Gasteiger partial charge >= 0.3 is 0 Å². The summed E-state index contributed by atoms with van der Waals surface area (Å²) in [6.45, 7) is 6.03. The van der Waals surface area contributed by atoms with Gasteiger partial charge in [-0.2, -0.15) is 0 Å². The molecule has 3 atom stereocenters. The average Bonchev–Trinajstić information content (AvgIpc) is 2.98. The van der Waals surface area contributed by atoms with E-state index in [0.717, 1.165) is 12.8 Å². The molecule has 3 rings (SSSR count). The molecular weight excluding hydrogens is 282 g/mol. The van der Waals surface area contributed by atoms with Crippen LogP contribution < -0.4 is 0 Å². The molecule has 1 aromatic heterocycles. The molecule has 118 valence electrons. The van der Waals surface area contributed by atoms with Crippen LogP contribution in [0.25, 0.3) is 0 Å². The van der Waals surface area contributed by atoms with E-state index in [4.69, 9.17) is 9.47 Å². The topological polar surface area (TPSA) is 64.6 Å². The van der Waals surface area contributed by atoms with Crippen LogP contribution in [0.15, 0.2) is 31.2 Å². The molecule has 0 radical (unpaired) electrons. The number of nitrogens with zero attached hydrogens (tertiary/aromatic N) is 3. The molecule has 1 aromatic rings. The fourth-order valence-corrected chi connectivity index (χ4v) is 3.35. The van der Waals surface area contributed by atoms with Crippen LogP contribution in [0.1, 0.15) is 23.3 Å². The Bertz CT molecular complexity index is 523. The second-order valence-electron chi connectivity index (χ2n) is 5.66. The molecule has 22 heavy (non-hydrogen) atoms. The van der Waals surface area contributed by atoms with E-state index in [-0.39, 0.29) is 18.1 Å². The molecule has 1 saturated heterocycles. The van der Waals surface area contributed by atoms with Crippen molar-refractivity contribution in [2.45, 2.75) is 25.0 Å². The van der Waals surface area contributed by atoms with E-state index in [9.17, 15) is 4.79 Å². The first-order chi connectivity index (χ1) is 10.8. The van der Waals surface area contributed by atoms with Gasteiger partial charge in [0.25, 0.3) is 5.91 Å². The van der Waals surface area contributed by atoms with Gasteiger partial charge in [0.15, 0.2) is 0 Å². The number of rotatable bonds is 5. The lowest BCUT2D eigenvalue weighted by atomic mass is 10.0. The molecule has 1 aliphatic heterocycles. The van der Waals surface area contributed by atoms with Crippen LogP contribution in [0, 0.1) is 5.92 Å². The lowest BCUT2D eigenvalue weighted by molar-refractivity contribution is -0.0739. The summed E-state index contributed by atoms with van der Waals surface area (Å²) in [5, 5.41) is 0. The smallest absolute Gasteiger partial charge is 0.274 e. The van der Waals surface area contributed by atoms with Crippen molar-refractivity contribution >= 4 is 5.91 Å². The summed E-state index contributed by atoms with van der Waals surface area (Å²) in [6.07, 6.45) is 8.40. The van der Waals surface area contributed by atoms with Gasteiger partial charge in [0.2, 0.25) is 0 Å². The van der Waals surface area contributed by atoms with E-state index in [0.29, 0.717) is 38.0 Å². The zero-order valence-corrected chi connectivity index (χ0v) is 12.6. The molecule has 2 heterocycles. The average molecular weight is 303 g/mol. The summed E-state index contributed by atoms with van der Waals surface area (Å²) in [4.78, 5) is 22.6. The van der Waals surface area contributed by atoms with Crippen LogP contribution in [0.3, 0.4) is 0 Å². The number of morpholine rings is 1. The van der Waals surface area contributed by atoms with Crippen LogP contribution in [-0.2, 0) is 9.47 Å². The third kappa shape index (κ3) is 3.03. The van der Waals surface area contributed by atoms with Crippen molar-refractivity contribution in [1.29, 1.82) is 0 Å². The minimum atomic E-state index is -0.0564. The summed E-state index contributed by atoms with van der Waals surface area (Å²) in [6, 6.07) is 0.112. The Kier molecular flexibility index (Phi) is 4.80. The van der Waals surface area contributed by atoms with Crippen molar-refractivity contribution in [2.75, 3.05) is 26.4 Å². The van der Waals surface area contributed by atoms with Gasteiger partial charge in [0.05, 0.1) is 38.2 Å². The number of carbonyl (C=O) groups excluding carboxylic acids is 1. The molecule has 1 amide bonds.